The Labute approximate surface area is 84.9 Å². The van der Waals surface area contributed by atoms with Crippen LogP contribution in [0.4, 0.5) is 8.78 Å². The highest BCUT2D eigenvalue weighted by Crippen LogP contribution is 2.25. The van der Waals surface area contributed by atoms with Gasteiger partial charge in [0.1, 0.15) is 5.69 Å². The molecule has 0 N–H and O–H groups in total. The zero-order chi connectivity index (χ0) is 10.9. The highest BCUT2D eigenvalue weighted by molar-refractivity contribution is 6.67. The van der Waals surface area contributed by atoms with Crippen LogP contribution in [0.25, 0.3) is 0 Å². The van der Waals surface area contributed by atoms with Crippen molar-refractivity contribution in [3.63, 3.8) is 0 Å². The fourth-order valence-corrected chi connectivity index (χ4v) is 1.37. The van der Waals surface area contributed by atoms with Gasteiger partial charge in [0.05, 0.1) is 0 Å². The van der Waals surface area contributed by atoms with Gasteiger partial charge in [-0.15, -0.1) is 0 Å². The monoisotopic (exact) mass is 219 g/mol. The van der Waals surface area contributed by atoms with Crippen LogP contribution < -0.4 is 0 Å². The van der Waals surface area contributed by atoms with Crippen molar-refractivity contribution in [1.82, 2.24) is 4.98 Å². The second-order valence-electron chi connectivity index (χ2n) is 2.90. The summed E-state index contributed by atoms with van der Waals surface area (Å²) in [5.41, 5.74) is 0.346. The SMILES string of the molecule is Cc1cc(C(=O)Cl)nc(C)c1C(F)F. The van der Waals surface area contributed by atoms with Gasteiger partial charge < -0.3 is 0 Å². The minimum atomic E-state index is -2.58. The molecule has 14 heavy (non-hydrogen) atoms. The zero-order valence-corrected chi connectivity index (χ0v) is 8.40. The molecule has 5 heteroatoms. The first kappa shape index (κ1) is 11.0. The summed E-state index contributed by atoms with van der Waals surface area (Å²) in [5, 5.41) is -0.739. The Morgan fingerprint density at radius 2 is 2.07 bits per heavy atom. The van der Waals surface area contributed by atoms with Crippen molar-refractivity contribution in [3.05, 3.63) is 28.6 Å². The lowest BCUT2D eigenvalue weighted by Crippen LogP contribution is -2.03. The molecule has 0 bridgehead atoms. The lowest BCUT2D eigenvalue weighted by molar-refractivity contribution is 0.107. The molecule has 0 aromatic carbocycles. The second-order valence-corrected chi connectivity index (χ2v) is 3.24. The summed E-state index contributed by atoms with van der Waals surface area (Å²) in [4.78, 5) is 14.4. The standard InChI is InChI=1S/C9H8ClF2NO/c1-4-3-6(8(10)14)13-5(2)7(4)9(11)12/h3,9H,1-2H3. The van der Waals surface area contributed by atoms with Gasteiger partial charge in [0, 0.05) is 11.3 Å². The fourth-order valence-electron chi connectivity index (χ4n) is 1.27. The number of pyridine rings is 1. The van der Waals surface area contributed by atoms with Gasteiger partial charge >= 0.3 is 0 Å². The number of carbonyl (C=O) groups is 1. The van der Waals surface area contributed by atoms with Crippen molar-refractivity contribution in [2.45, 2.75) is 20.3 Å². The number of aromatic nitrogens is 1. The Hall–Kier alpha value is -1.03. The van der Waals surface area contributed by atoms with E-state index in [0.717, 1.165) is 0 Å². The molecule has 1 aromatic heterocycles. The molecule has 0 saturated carbocycles. The van der Waals surface area contributed by atoms with Gasteiger partial charge in [-0.2, -0.15) is 0 Å². The van der Waals surface area contributed by atoms with Gasteiger partial charge in [-0.25, -0.2) is 13.8 Å². The molecule has 0 fully saturated rings. The fraction of sp³-hybridized carbons (Fsp3) is 0.333. The quantitative estimate of drug-likeness (QED) is 0.716. The molecule has 0 atom stereocenters. The van der Waals surface area contributed by atoms with E-state index in [-0.39, 0.29) is 17.0 Å². The largest absolute Gasteiger partial charge is 0.274 e. The highest BCUT2D eigenvalue weighted by Gasteiger charge is 2.17. The molecule has 0 saturated heterocycles. The van der Waals surface area contributed by atoms with E-state index < -0.39 is 11.7 Å². The molecule has 0 unspecified atom stereocenters. The minimum Gasteiger partial charge on any atom is -0.274 e. The number of hydrogen-bond donors (Lipinski definition) is 0. The lowest BCUT2D eigenvalue weighted by atomic mass is 10.1. The van der Waals surface area contributed by atoms with E-state index in [9.17, 15) is 13.6 Å². The molecule has 1 heterocycles. The normalized spacial score (nSPS) is 10.7. The van der Waals surface area contributed by atoms with E-state index in [1.807, 2.05) is 0 Å². The Morgan fingerprint density at radius 3 is 2.43 bits per heavy atom. The van der Waals surface area contributed by atoms with E-state index in [0.29, 0.717) is 5.56 Å². The van der Waals surface area contributed by atoms with Crippen LogP contribution in [0.3, 0.4) is 0 Å². The van der Waals surface area contributed by atoms with Crippen LogP contribution in [0, 0.1) is 13.8 Å². The number of halogens is 3. The predicted octanol–water partition coefficient (Wildman–Crippen LogP) is 3.02. The van der Waals surface area contributed by atoms with Gasteiger partial charge in [0.2, 0.25) is 0 Å². The van der Waals surface area contributed by atoms with Crippen LogP contribution in [0.15, 0.2) is 6.07 Å². The molecule has 2 nitrogen and oxygen atoms in total. The van der Waals surface area contributed by atoms with E-state index in [1.165, 1.54) is 19.9 Å². The average molecular weight is 220 g/mol. The molecule has 0 radical (unpaired) electrons. The number of carbonyl (C=O) groups excluding carboxylic acids is 1. The molecule has 0 aliphatic rings. The molecule has 76 valence electrons. The second kappa shape index (κ2) is 4.00. The maximum Gasteiger partial charge on any atom is 0.270 e. The van der Waals surface area contributed by atoms with Gasteiger partial charge in [-0.3, -0.25) is 4.79 Å². The Kier molecular flexibility index (Phi) is 3.16. The zero-order valence-electron chi connectivity index (χ0n) is 7.64. The van der Waals surface area contributed by atoms with Crippen molar-refractivity contribution in [1.29, 1.82) is 0 Å². The van der Waals surface area contributed by atoms with E-state index >= 15 is 0 Å². The molecule has 0 aliphatic carbocycles. The lowest BCUT2D eigenvalue weighted by Gasteiger charge is -2.08. The van der Waals surface area contributed by atoms with Crippen LogP contribution in [-0.2, 0) is 0 Å². The molecule has 0 aliphatic heterocycles. The Bertz CT molecular complexity index is 356. The number of aryl methyl sites for hydroxylation is 2. The van der Waals surface area contributed by atoms with E-state index in [4.69, 9.17) is 11.6 Å². The number of rotatable bonds is 2. The smallest absolute Gasteiger partial charge is 0.270 e. The first-order valence-corrected chi connectivity index (χ1v) is 4.27. The minimum absolute atomic E-state index is 0.00562. The summed E-state index contributed by atoms with van der Waals surface area (Å²) in [6, 6.07) is 1.27. The predicted molar refractivity (Wildman–Crippen MR) is 48.9 cm³/mol. The number of nitrogens with zero attached hydrogens (tertiary/aromatic N) is 1. The molecular weight excluding hydrogens is 212 g/mol. The van der Waals surface area contributed by atoms with Crippen molar-refractivity contribution in [3.8, 4) is 0 Å². The summed E-state index contributed by atoms with van der Waals surface area (Å²) in [7, 11) is 0. The third-order valence-corrected chi connectivity index (χ3v) is 2.07. The Morgan fingerprint density at radius 1 is 1.50 bits per heavy atom. The molecule has 0 spiro atoms. The summed E-state index contributed by atoms with van der Waals surface area (Å²) in [6.07, 6.45) is -2.58. The summed E-state index contributed by atoms with van der Waals surface area (Å²) in [5.74, 6) is 0. The topological polar surface area (TPSA) is 30.0 Å². The van der Waals surface area contributed by atoms with Gasteiger partial charge in [0.25, 0.3) is 11.7 Å². The van der Waals surface area contributed by atoms with Crippen LogP contribution >= 0.6 is 11.6 Å². The maximum absolute atomic E-state index is 12.5. The third-order valence-electron chi connectivity index (χ3n) is 1.88. The maximum atomic E-state index is 12.5. The summed E-state index contributed by atoms with van der Waals surface area (Å²) < 4.78 is 24.9. The van der Waals surface area contributed by atoms with E-state index in [2.05, 4.69) is 4.98 Å². The van der Waals surface area contributed by atoms with Gasteiger partial charge in [0.15, 0.2) is 0 Å². The first-order chi connectivity index (χ1) is 6.43. The average Bonchev–Trinajstić information content (AvgIpc) is 2.01. The molecule has 1 rings (SSSR count). The summed E-state index contributed by atoms with van der Waals surface area (Å²) >= 11 is 5.19. The Balaban J connectivity index is 3.32. The van der Waals surface area contributed by atoms with Crippen LogP contribution in [0.2, 0.25) is 0 Å². The van der Waals surface area contributed by atoms with Gasteiger partial charge in [-0.05, 0) is 37.1 Å². The first-order valence-electron chi connectivity index (χ1n) is 3.89. The van der Waals surface area contributed by atoms with Crippen molar-refractivity contribution in [2.24, 2.45) is 0 Å². The van der Waals surface area contributed by atoms with Crippen LogP contribution in [-0.4, -0.2) is 10.2 Å². The van der Waals surface area contributed by atoms with Crippen molar-refractivity contribution < 1.29 is 13.6 Å². The highest BCUT2D eigenvalue weighted by atomic mass is 35.5. The van der Waals surface area contributed by atoms with Crippen LogP contribution in [0.1, 0.15) is 33.7 Å². The summed E-state index contributed by atoms with van der Waals surface area (Å²) in [6.45, 7) is 2.93. The van der Waals surface area contributed by atoms with Crippen molar-refractivity contribution >= 4 is 16.8 Å². The number of alkyl halides is 2. The van der Waals surface area contributed by atoms with Crippen molar-refractivity contribution in [2.75, 3.05) is 0 Å². The molecule has 1 aromatic rings. The van der Waals surface area contributed by atoms with Gasteiger partial charge in [-0.1, -0.05) is 0 Å². The van der Waals surface area contributed by atoms with Crippen LogP contribution in [0.5, 0.6) is 0 Å². The molecule has 0 amide bonds. The number of hydrogen-bond acceptors (Lipinski definition) is 2. The van der Waals surface area contributed by atoms with E-state index in [1.54, 1.807) is 0 Å². The third kappa shape index (κ3) is 2.07. The molecular formula is C9H8ClF2NO.